The van der Waals surface area contributed by atoms with E-state index < -0.39 is 17.6 Å². The fourth-order valence-electron chi connectivity index (χ4n) is 1.39. The van der Waals surface area contributed by atoms with Gasteiger partial charge in [-0.15, -0.1) is 0 Å². The number of nitrogens with zero attached hydrogens (tertiary/aromatic N) is 1. The first-order valence-electron chi connectivity index (χ1n) is 6.14. The predicted molar refractivity (Wildman–Crippen MR) is 72.0 cm³/mol. The Morgan fingerprint density at radius 2 is 1.95 bits per heavy atom. The van der Waals surface area contributed by atoms with Crippen LogP contribution in [-0.2, 0) is 4.79 Å². The molecule has 1 rings (SSSR count). The molecule has 0 saturated heterocycles. The van der Waals surface area contributed by atoms with E-state index in [4.69, 9.17) is 20.2 Å². The number of ether oxygens (including phenoxy) is 1. The number of nitrogens with one attached hydrogen (secondary N) is 1. The van der Waals surface area contributed by atoms with Gasteiger partial charge in [-0.3, -0.25) is 4.79 Å². The normalized spacial score (nSPS) is 12.3. The molecule has 0 fully saturated rings. The molecule has 0 heterocycles. The zero-order valence-corrected chi connectivity index (χ0v) is 11.5. The Labute approximate surface area is 117 Å². The van der Waals surface area contributed by atoms with E-state index in [1.165, 1.54) is 6.92 Å². The van der Waals surface area contributed by atoms with Crippen LogP contribution in [0.4, 0.5) is 0 Å². The van der Waals surface area contributed by atoms with Crippen molar-refractivity contribution >= 4 is 5.91 Å². The number of carbonyl (C=O) groups excluding carboxylic acids is 1. The van der Waals surface area contributed by atoms with Crippen LogP contribution in [0.5, 0.6) is 5.75 Å². The molecule has 0 aliphatic rings. The summed E-state index contributed by atoms with van der Waals surface area (Å²) in [7, 11) is 0. The molecule has 0 aliphatic heterocycles. The van der Waals surface area contributed by atoms with Crippen molar-refractivity contribution in [2.75, 3.05) is 13.2 Å². The summed E-state index contributed by atoms with van der Waals surface area (Å²) in [5, 5.41) is 29.4. The second-order valence-electron chi connectivity index (χ2n) is 4.76. The quantitative estimate of drug-likeness (QED) is 0.689. The number of nitriles is 1. The first kappa shape index (κ1) is 16.0. The van der Waals surface area contributed by atoms with Crippen LogP contribution >= 0.6 is 0 Å². The Hall–Kier alpha value is -2.10. The van der Waals surface area contributed by atoms with Crippen molar-refractivity contribution < 1.29 is 19.7 Å². The molecule has 6 heteroatoms. The Kier molecular flexibility index (Phi) is 5.50. The lowest BCUT2D eigenvalue weighted by molar-refractivity contribution is -0.130. The van der Waals surface area contributed by atoms with Gasteiger partial charge in [0.25, 0.3) is 5.91 Å². The van der Waals surface area contributed by atoms with E-state index in [2.05, 4.69) is 5.32 Å². The Morgan fingerprint density at radius 3 is 2.40 bits per heavy atom. The minimum absolute atomic E-state index is 0.376. The first-order chi connectivity index (χ1) is 9.44. The van der Waals surface area contributed by atoms with E-state index in [0.717, 1.165) is 0 Å². The highest BCUT2D eigenvalue weighted by Gasteiger charge is 2.27. The van der Waals surface area contributed by atoms with E-state index >= 15 is 0 Å². The summed E-state index contributed by atoms with van der Waals surface area (Å²) in [6.45, 7) is 2.33. The Bertz CT molecular complexity index is 489. The maximum absolute atomic E-state index is 11.9. The number of rotatable bonds is 6. The van der Waals surface area contributed by atoms with Crippen LogP contribution in [0.1, 0.15) is 19.4 Å². The van der Waals surface area contributed by atoms with Crippen LogP contribution in [0.2, 0.25) is 0 Å². The largest absolute Gasteiger partial charge is 0.481 e. The van der Waals surface area contributed by atoms with E-state index in [0.29, 0.717) is 11.3 Å². The molecule has 1 amide bonds. The maximum Gasteiger partial charge on any atom is 0.261 e. The molecule has 0 aliphatic carbocycles. The third kappa shape index (κ3) is 4.23. The van der Waals surface area contributed by atoms with Gasteiger partial charge < -0.3 is 20.3 Å². The van der Waals surface area contributed by atoms with Gasteiger partial charge in [-0.2, -0.15) is 5.26 Å². The topological polar surface area (TPSA) is 103 Å². The minimum Gasteiger partial charge on any atom is -0.481 e. The molecule has 0 aromatic heterocycles. The van der Waals surface area contributed by atoms with Crippen LogP contribution in [0.3, 0.4) is 0 Å². The lowest BCUT2D eigenvalue weighted by atomic mass is 10.1. The smallest absolute Gasteiger partial charge is 0.261 e. The summed E-state index contributed by atoms with van der Waals surface area (Å²) in [4.78, 5) is 11.9. The average Bonchev–Trinajstić information content (AvgIpc) is 2.47. The SMILES string of the molecule is CC(Oc1ccc(C#N)cc1)C(=O)NC(C)(CO)CO. The highest BCUT2D eigenvalue weighted by Crippen LogP contribution is 2.14. The Morgan fingerprint density at radius 1 is 1.40 bits per heavy atom. The highest BCUT2D eigenvalue weighted by molar-refractivity contribution is 5.81. The molecule has 1 atom stereocenters. The molecule has 108 valence electrons. The second-order valence-corrected chi connectivity index (χ2v) is 4.76. The molecule has 0 radical (unpaired) electrons. The summed E-state index contributed by atoms with van der Waals surface area (Å²) >= 11 is 0. The maximum atomic E-state index is 11.9. The van der Waals surface area contributed by atoms with Gasteiger partial charge >= 0.3 is 0 Å². The monoisotopic (exact) mass is 278 g/mol. The summed E-state index contributed by atoms with van der Waals surface area (Å²) in [6, 6.07) is 8.36. The van der Waals surface area contributed by atoms with Crippen LogP contribution in [0, 0.1) is 11.3 Å². The number of aliphatic hydroxyl groups is 2. The number of hydrogen-bond acceptors (Lipinski definition) is 5. The van der Waals surface area contributed by atoms with Gasteiger partial charge in [0.2, 0.25) is 0 Å². The van der Waals surface area contributed by atoms with Crippen molar-refractivity contribution in [2.45, 2.75) is 25.5 Å². The molecule has 6 nitrogen and oxygen atoms in total. The number of carbonyl (C=O) groups is 1. The summed E-state index contributed by atoms with van der Waals surface area (Å²) in [5.41, 5.74) is -0.582. The van der Waals surface area contributed by atoms with Crippen molar-refractivity contribution in [3.63, 3.8) is 0 Å². The van der Waals surface area contributed by atoms with E-state index in [1.807, 2.05) is 6.07 Å². The van der Waals surface area contributed by atoms with Crippen molar-refractivity contribution in [3.8, 4) is 11.8 Å². The summed E-state index contributed by atoms with van der Waals surface area (Å²) < 4.78 is 5.43. The predicted octanol–water partition coefficient (Wildman–Crippen LogP) is 0.185. The fraction of sp³-hybridized carbons (Fsp3) is 0.429. The molecule has 20 heavy (non-hydrogen) atoms. The molecule has 1 aromatic rings. The van der Waals surface area contributed by atoms with Gasteiger partial charge in [0.05, 0.1) is 30.4 Å². The molecule has 0 spiro atoms. The molecule has 1 unspecified atom stereocenters. The molecule has 0 bridgehead atoms. The van der Waals surface area contributed by atoms with Gasteiger partial charge in [0.1, 0.15) is 5.75 Å². The third-order valence-corrected chi connectivity index (χ3v) is 2.79. The molecule has 0 saturated carbocycles. The lowest BCUT2D eigenvalue weighted by Crippen LogP contribution is -2.54. The molecular weight excluding hydrogens is 260 g/mol. The number of aliphatic hydroxyl groups excluding tert-OH is 2. The average molecular weight is 278 g/mol. The van der Waals surface area contributed by atoms with Gasteiger partial charge in [-0.05, 0) is 38.1 Å². The Balaban J connectivity index is 2.63. The van der Waals surface area contributed by atoms with Crippen LogP contribution in [0.25, 0.3) is 0 Å². The molecular formula is C14H18N2O4. The van der Waals surface area contributed by atoms with Crippen LogP contribution in [0.15, 0.2) is 24.3 Å². The summed E-state index contributed by atoms with van der Waals surface area (Å²) in [5.74, 6) is 0.0151. The van der Waals surface area contributed by atoms with E-state index in [-0.39, 0.29) is 13.2 Å². The zero-order valence-electron chi connectivity index (χ0n) is 11.5. The number of amides is 1. The third-order valence-electron chi connectivity index (χ3n) is 2.79. The summed E-state index contributed by atoms with van der Waals surface area (Å²) in [6.07, 6.45) is -0.791. The van der Waals surface area contributed by atoms with Gasteiger partial charge in [-0.1, -0.05) is 0 Å². The van der Waals surface area contributed by atoms with Crippen molar-refractivity contribution in [1.29, 1.82) is 5.26 Å². The van der Waals surface area contributed by atoms with Gasteiger partial charge in [-0.25, -0.2) is 0 Å². The lowest BCUT2D eigenvalue weighted by Gasteiger charge is -2.27. The molecule has 1 aromatic carbocycles. The minimum atomic E-state index is -1.08. The number of hydrogen-bond donors (Lipinski definition) is 3. The van der Waals surface area contributed by atoms with E-state index in [9.17, 15) is 4.79 Å². The van der Waals surface area contributed by atoms with E-state index in [1.54, 1.807) is 31.2 Å². The zero-order chi connectivity index (χ0) is 15.2. The van der Waals surface area contributed by atoms with Crippen LogP contribution in [-0.4, -0.2) is 41.0 Å². The van der Waals surface area contributed by atoms with Crippen molar-refractivity contribution in [2.24, 2.45) is 0 Å². The van der Waals surface area contributed by atoms with Crippen LogP contribution < -0.4 is 10.1 Å². The fourth-order valence-corrected chi connectivity index (χ4v) is 1.39. The van der Waals surface area contributed by atoms with Crippen molar-refractivity contribution in [1.82, 2.24) is 5.32 Å². The second kappa shape index (κ2) is 6.89. The van der Waals surface area contributed by atoms with Gasteiger partial charge in [0.15, 0.2) is 6.10 Å². The first-order valence-corrected chi connectivity index (χ1v) is 6.14. The number of benzene rings is 1. The van der Waals surface area contributed by atoms with Gasteiger partial charge in [0, 0.05) is 0 Å². The highest BCUT2D eigenvalue weighted by atomic mass is 16.5. The van der Waals surface area contributed by atoms with Crippen molar-refractivity contribution in [3.05, 3.63) is 29.8 Å². The molecule has 3 N–H and O–H groups in total. The standard InChI is InChI=1S/C14H18N2O4/c1-10(13(19)16-14(2,8-17)9-18)20-12-5-3-11(7-15)4-6-12/h3-6,10,17-18H,8-9H2,1-2H3,(H,16,19).